The zero-order chi connectivity index (χ0) is 15.5. The van der Waals surface area contributed by atoms with Gasteiger partial charge in [-0.15, -0.1) is 0 Å². The molecule has 21 heavy (non-hydrogen) atoms. The first-order valence-electron chi connectivity index (χ1n) is 7.83. The first-order chi connectivity index (χ1) is 10.0. The highest BCUT2D eigenvalue weighted by Crippen LogP contribution is 2.33. The van der Waals surface area contributed by atoms with E-state index in [4.69, 9.17) is 0 Å². The van der Waals surface area contributed by atoms with Crippen LogP contribution in [0.1, 0.15) is 51.9 Å². The van der Waals surface area contributed by atoms with Crippen molar-refractivity contribution < 1.29 is 19.5 Å². The summed E-state index contributed by atoms with van der Waals surface area (Å²) >= 11 is 0. The highest BCUT2D eigenvalue weighted by Gasteiger charge is 2.48. The van der Waals surface area contributed by atoms with Crippen LogP contribution >= 0.6 is 0 Å². The van der Waals surface area contributed by atoms with Crippen LogP contribution in [0.4, 0.5) is 0 Å². The van der Waals surface area contributed by atoms with E-state index in [2.05, 4.69) is 0 Å². The van der Waals surface area contributed by atoms with Gasteiger partial charge in [0.05, 0.1) is 6.54 Å². The zero-order valence-corrected chi connectivity index (χ0v) is 12.6. The number of amides is 2. The van der Waals surface area contributed by atoms with Crippen molar-refractivity contribution >= 4 is 17.8 Å². The summed E-state index contributed by atoms with van der Waals surface area (Å²) in [7, 11) is 0. The van der Waals surface area contributed by atoms with Gasteiger partial charge in [0.25, 0.3) is 0 Å². The molecule has 2 aliphatic heterocycles. The molecule has 6 heteroatoms. The molecule has 0 aliphatic carbocycles. The van der Waals surface area contributed by atoms with Crippen molar-refractivity contribution in [3.05, 3.63) is 0 Å². The van der Waals surface area contributed by atoms with Gasteiger partial charge in [0.15, 0.2) is 0 Å². The van der Waals surface area contributed by atoms with E-state index >= 15 is 0 Å². The lowest BCUT2D eigenvalue weighted by Crippen LogP contribution is -2.55. The predicted octanol–water partition coefficient (Wildman–Crippen LogP) is 1.24. The molecule has 1 unspecified atom stereocenters. The number of carbonyl (C=O) groups excluding carboxylic acids is 2. The molecule has 0 aromatic rings. The smallest absolute Gasteiger partial charge is 0.329 e. The number of aliphatic carboxylic acids is 1. The molecule has 1 N–H and O–H groups in total. The van der Waals surface area contributed by atoms with Gasteiger partial charge < -0.3 is 14.9 Å². The van der Waals surface area contributed by atoms with Crippen LogP contribution < -0.4 is 0 Å². The van der Waals surface area contributed by atoms with Crippen molar-refractivity contribution in [1.29, 1.82) is 0 Å². The number of hydrogen-bond acceptors (Lipinski definition) is 3. The number of nitrogens with zero attached hydrogens (tertiary/aromatic N) is 2. The Hall–Kier alpha value is -1.59. The molecular formula is C15H24N2O4. The number of carboxylic acids is 1. The first kappa shape index (κ1) is 15.8. The standard InChI is InChI=1S/C15H24N2O4/c1-2-15(14(20)21)8-6-10-17(15)13(19)11-16-9-5-3-4-7-12(16)18/h2-11H2,1H3,(H,20,21). The molecule has 2 aliphatic rings. The quantitative estimate of drug-likeness (QED) is 0.847. The van der Waals surface area contributed by atoms with E-state index < -0.39 is 11.5 Å². The Morgan fingerprint density at radius 3 is 2.62 bits per heavy atom. The second-order valence-corrected chi connectivity index (χ2v) is 5.97. The predicted molar refractivity (Wildman–Crippen MR) is 76.7 cm³/mol. The maximum atomic E-state index is 12.5. The van der Waals surface area contributed by atoms with Crippen molar-refractivity contribution in [3.8, 4) is 0 Å². The summed E-state index contributed by atoms with van der Waals surface area (Å²) in [6.07, 6.45) is 4.90. The molecule has 0 bridgehead atoms. The molecule has 0 saturated carbocycles. The third-order valence-electron chi connectivity index (χ3n) is 4.77. The summed E-state index contributed by atoms with van der Waals surface area (Å²) in [6, 6.07) is 0. The van der Waals surface area contributed by atoms with Gasteiger partial charge in [-0.2, -0.15) is 0 Å². The van der Waals surface area contributed by atoms with E-state index in [-0.39, 0.29) is 18.4 Å². The van der Waals surface area contributed by atoms with Gasteiger partial charge >= 0.3 is 5.97 Å². The highest BCUT2D eigenvalue weighted by molar-refractivity contribution is 5.90. The monoisotopic (exact) mass is 296 g/mol. The minimum Gasteiger partial charge on any atom is -0.479 e. The molecule has 2 saturated heterocycles. The fraction of sp³-hybridized carbons (Fsp3) is 0.800. The minimum atomic E-state index is -1.08. The van der Waals surface area contributed by atoms with E-state index in [9.17, 15) is 19.5 Å². The third-order valence-corrected chi connectivity index (χ3v) is 4.77. The Labute approximate surface area is 125 Å². The number of likely N-dealkylation sites (tertiary alicyclic amines) is 2. The van der Waals surface area contributed by atoms with Crippen LogP contribution in [0.3, 0.4) is 0 Å². The second kappa shape index (κ2) is 6.45. The van der Waals surface area contributed by atoms with E-state index in [0.717, 1.165) is 19.3 Å². The van der Waals surface area contributed by atoms with Crippen LogP contribution in [0.15, 0.2) is 0 Å². The summed E-state index contributed by atoms with van der Waals surface area (Å²) in [6.45, 7) is 2.90. The molecular weight excluding hydrogens is 272 g/mol. The van der Waals surface area contributed by atoms with Crippen molar-refractivity contribution in [3.63, 3.8) is 0 Å². The first-order valence-corrected chi connectivity index (χ1v) is 7.83. The van der Waals surface area contributed by atoms with Crippen LogP contribution in [-0.4, -0.2) is 57.9 Å². The van der Waals surface area contributed by atoms with Crippen LogP contribution in [0, 0.1) is 0 Å². The molecule has 0 spiro atoms. The normalized spacial score (nSPS) is 26.8. The molecule has 0 radical (unpaired) electrons. The molecule has 2 fully saturated rings. The number of hydrogen-bond donors (Lipinski definition) is 1. The molecule has 0 aromatic carbocycles. The zero-order valence-electron chi connectivity index (χ0n) is 12.6. The minimum absolute atomic E-state index is 0.0115. The van der Waals surface area contributed by atoms with Crippen LogP contribution in [0.2, 0.25) is 0 Å². The average molecular weight is 296 g/mol. The molecule has 2 amide bonds. The van der Waals surface area contributed by atoms with Crippen molar-refractivity contribution in [2.75, 3.05) is 19.6 Å². The van der Waals surface area contributed by atoms with E-state index in [1.807, 2.05) is 0 Å². The van der Waals surface area contributed by atoms with E-state index in [0.29, 0.717) is 38.8 Å². The third kappa shape index (κ3) is 3.04. The topological polar surface area (TPSA) is 77.9 Å². The lowest BCUT2D eigenvalue weighted by Gasteiger charge is -2.35. The van der Waals surface area contributed by atoms with Gasteiger partial charge in [-0.3, -0.25) is 9.59 Å². The number of rotatable bonds is 4. The number of carboxylic acid groups (broad SMARTS) is 1. The fourth-order valence-corrected chi connectivity index (χ4v) is 3.44. The highest BCUT2D eigenvalue weighted by atomic mass is 16.4. The van der Waals surface area contributed by atoms with Gasteiger partial charge in [-0.25, -0.2) is 4.79 Å². The Bertz CT molecular complexity index is 437. The molecule has 6 nitrogen and oxygen atoms in total. The van der Waals surface area contributed by atoms with Gasteiger partial charge in [0.1, 0.15) is 5.54 Å². The maximum Gasteiger partial charge on any atom is 0.329 e. The SMILES string of the molecule is CCC1(C(=O)O)CCCN1C(=O)CN1CCCCCC1=O. The Balaban J connectivity index is 2.08. The van der Waals surface area contributed by atoms with Crippen molar-refractivity contribution in [1.82, 2.24) is 9.80 Å². The lowest BCUT2D eigenvalue weighted by molar-refractivity contribution is -0.157. The van der Waals surface area contributed by atoms with Gasteiger partial charge in [0, 0.05) is 19.5 Å². The molecule has 1 atom stereocenters. The average Bonchev–Trinajstić information content (AvgIpc) is 2.81. The summed E-state index contributed by atoms with van der Waals surface area (Å²) < 4.78 is 0. The van der Waals surface area contributed by atoms with Gasteiger partial charge in [-0.05, 0) is 32.1 Å². The summed E-state index contributed by atoms with van der Waals surface area (Å²) in [4.78, 5) is 39.2. The Kier molecular flexibility index (Phi) is 4.85. The van der Waals surface area contributed by atoms with Gasteiger partial charge in [0.2, 0.25) is 11.8 Å². The molecule has 2 heterocycles. The van der Waals surface area contributed by atoms with Crippen molar-refractivity contribution in [2.45, 2.75) is 57.4 Å². The van der Waals surface area contributed by atoms with Crippen LogP contribution in [-0.2, 0) is 14.4 Å². The Morgan fingerprint density at radius 1 is 1.19 bits per heavy atom. The molecule has 118 valence electrons. The fourth-order valence-electron chi connectivity index (χ4n) is 3.44. The van der Waals surface area contributed by atoms with Crippen LogP contribution in [0.5, 0.6) is 0 Å². The molecule has 0 aromatic heterocycles. The maximum absolute atomic E-state index is 12.5. The second-order valence-electron chi connectivity index (χ2n) is 5.97. The van der Waals surface area contributed by atoms with Crippen LogP contribution in [0.25, 0.3) is 0 Å². The summed E-state index contributed by atoms with van der Waals surface area (Å²) in [5.74, 6) is -1.15. The van der Waals surface area contributed by atoms with Gasteiger partial charge in [-0.1, -0.05) is 13.3 Å². The van der Waals surface area contributed by atoms with E-state index in [1.54, 1.807) is 11.8 Å². The molecule has 2 rings (SSSR count). The lowest BCUT2D eigenvalue weighted by atomic mass is 9.93. The Morgan fingerprint density at radius 2 is 1.95 bits per heavy atom. The summed E-state index contributed by atoms with van der Waals surface area (Å²) in [5, 5.41) is 9.51. The number of carbonyl (C=O) groups is 3. The van der Waals surface area contributed by atoms with E-state index in [1.165, 1.54) is 4.90 Å². The largest absolute Gasteiger partial charge is 0.479 e. The van der Waals surface area contributed by atoms with Crippen molar-refractivity contribution in [2.24, 2.45) is 0 Å². The summed E-state index contributed by atoms with van der Waals surface area (Å²) in [5.41, 5.74) is -1.08.